The van der Waals surface area contributed by atoms with Crippen molar-refractivity contribution in [2.45, 2.75) is 39.7 Å². The lowest BCUT2D eigenvalue weighted by molar-refractivity contribution is -0.148. The van der Waals surface area contributed by atoms with Gasteiger partial charge in [0.25, 0.3) is 0 Å². The van der Waals surface area contributed by atoms with Gasteiger partial charge in [-0.15, -0.1) is 0 Å². The van der Waals surface area contributed by atoms with E-state index in [0.29, 0.717) is 24.7 Å². The Morgan fingerprint density at radius 1 is 1.50 bits per heavy atom. The molecular formula is C14H21N3O3. The van der Waals surface area contributed by atoms with Gasteiger partial charge in [-0.05, 0) is 33.6 Å². The Balaban J connectivity index is 2.17. The third-order valence-corrected chi connectivity index (χ3v) is 3.49. The van der Waals surface area contributed by atoms with E-state index in [0.717, 1.165) is 13.0 Å². The number of aliphatic carboxylic acids is 1. The van der Waals surface area contributed by atoms with Crippen LogP contribution in [0.15, 0.2) is 12.4 Å². The minimum absolute atomic E-state index is 0.0326. The second-order valence-electron chi connectivity index (χ2n) is 5.77. The highest BCUT2D eigenvalue weighted by molar-refractivity contribution is 5.75. The van der Waals surface area contributed by atoms with Crippen LogP contribution in [0.3, 0.4) is 0 Å². The first kappa shape index (κ1) is 14.6. The Morgan fingerprint density at radius 2 is 2.25 bits per heavy atom. The summed E-state index contributed by atoms with van der Waals surface area (Å²) in [5.74, 6) is 0.389. The molecule has 6 heteroatoms. The largest absolute Gasteiger partial charge is 0.481 e. The number of hydrogen-bond donors (Lipinski definition) is 1. The van der Waals surface area contributed by atoms with Crippen molar-refractivity contribution in [1.29, 1.82) is 0 Å². The maximum atomic E-state index is 11.4. The lowest BCUT2D eigenvalue weighted by atomic mass is 9.82. The standard InChI is InChI=1S/C14H21N3O3/c1-10(2)20-12-8-15-7-11(16-12)17-6-4-5-14(3,9-17)13(18)19/h7-8,10H,4-6,9H2,1-3H3,(H,18,19). The summed E-state index contributed by atoms with van der Waals surface area (Å²) < 4.78 is 5.53. The molecule has 1 aliphatic heterocycles. The van der Waals surface area contributed by atoms with Crippen LogP contribution in [-0.2, 0) is 4.79 Å². The highest BCUT2D eigenvalue weighted by Gasteiger charge is 2.38. The van der Waals surface area contributed by atoms with Gasteiger partial charge < -0.3 is 14.7 Å². The summed E-state index contributed by atoms with van der Waals surface area (Å²) in [6.45, 7) is 6.88. The van der Waals surface area contributed by atoms with Crippen molar-refractivity contribution >= 4 is 11.8 Å². The summed E-state index contributed by atoms with van der Waals surface area (Å²) in [6.07, 6.45) is 4.78. The maximum absolute atomic E-state index is 11.4. The molecule has 2 heterocycles. The molecule has 6 nitrogen and oxygen atoms in total. The van der Waals surface area contributed by atoms with Crippen molar-refractivity contribution in [1.82, 2.24) is 9.97 Å². The first-order valence-corrected chi connectivity index (χ1v) is 6.88. The molecule has 20 heavy (non-hydrogen) atoms. The van der Waals surface area contributed by atoms with E-state index in [1.54, 1.807) is 19.3 Å². The van der Waals surface area contributed by atoms with Crippen molar-refractivity contribution in [3.05, 3.63) is 12.4 Å². The van der Waals surface area contributed by atoms with Crippen LogP contribution in [0.2, 0.25) is 0 Å². The van der Waals surface area contributed by atoms with Gasteiger partial charge in [0.1, 0.15) is 0 Å². The van der Waals surface area contributed by atoms with Crippen LogP contribution in [0.1, 0.15) is 33.6 Å². The zero-order valence-electron chi connectivity index (χ0n) is 12.2. The zero-order chi connectivity index (χ0) is 14.8. The first-order valence-electron chi connectivity index (χ1n) is 6.88. The SMILES string of the molecule is CC(C)Oc1cncc(N2CCCC(C)(C(=O)O)C2)n1. The summed E-state index contributed by atoms with van der Waals surface area (Å²) in [7, 11) is 0. The number of carboxylic acid groups (broad SMARTS) is 1. The number of ether oxygens (including phenoxy) is 1. The molecule has 0 aromatic carbocycles. The van der Waals surface area contributed by atoms with Crippen molar-refractivity contribution < 1.29 is 14.6 Å². The number of anilines is 1. The molecule has 1 N–H and O–H groups in total. The molecular weight excluding hydrogens is 258 g/mol. The van der Waals surface area contributed by atoms with Gasteiger partial charge in [-0.25, -0.2) is 0 Å². The zero-order valence-corrected chi connectivity index (χ0v) is 12.2. The molecule has 0 spiro atoms. The number of hydrogen-bond acceptors (Lipinski definition) is 5. The number of aromatic nitrogens is 2. The third-order valence-electron chi connectivity index (χ3n) is 3.49. The van der Waals surface area contributed by atoms with Crippen molar-refractivity contribution in [3.8, 4) is 5.88 Å². The molecule has 0 radical (unpaired) electrons. The fourth-order valence-corrected chi connectivity index (χ4v) is 2.40. The van der Waals surface area contributed by atoms with Gasteiger partial charge >= 0.3 is 5.97 Å². The molecule has 1 atom stereocenters. The van der Waals surface area contributed by atoms with Gasteiger partial charge in [-0.3, -0.25) is 9.78 Å². The maximum Gasteiger partial charge on any atom is 0.311 e. The van der Waals surface area contributed by atoms with E-state index in [1.165, 1.54) is 0 Å². The van der Waals surface area contributed by atoms with Crippen molar-refractivity contribution in [2.24, 2.45) is 5.41 Å². The molecule has 1 aromatic heterocycles. The summed E-state index contributed by atoms with van der Waals surface area (Å²) in [5.41, 5.74) is -0.727. The van der Waals surface area contributed by atoms with Gasteiger partial charge in [0.05, 0.1) is 23.9 Å². The summed E-state index contributed by atoms with van der Waals surface area (Å²) in [4.78, 5) is 21.9. The normalized spacial score (nSPS) is 22.9. The number of nitrogens with zero attached hydrogens (tertiary/aromatic N) is 3. The second-order valence-corrected chi connectivity index (χ2v) is 5.77. The van der Waals surface area contributed by atoms with Crippen LogP contribution >= 0.6 is 0 Å². The number of carboxylic acids is 1. The predicted molar refractivity (Wildman–Crippen MR) is 75.0 cm³/mol. The number of piperidine rings is 1. The minimum atomic E-state index is -0.759. The van der Waals surface area contributed by atoms with Crippen molar-refractivity contribution in [2.75, 3.05) is 18.0 Å². The van der Waals surface area contributed by atoms with Gasteiger partial charge in [0.2, 0.25) is 5.88 Å². The van der Waals surface area contributed by atoms with Gasteiger partial charge in [0.15, 0.2) is 5.82 Å². The molecule has 1 fully saturated rings. The Bertz CT molecular complexity index is 492. The lowest BCUT2D eigenvalue weighted by Crippen LogP contribution is -2.46. The molecule has 1 aromatic rings. The Labute approximate surface area is 118 Å². The average molecular weight is 279 g/mol. The van der Waals surface area contributed by atoms with Gasteiger partial charge in [-0.1, -0.05) is 0 Å². The van der Waals surface area contributed by atoms with E-state index in [-0.39, 0.29) is 6.10 Å². The molecule has 1 unspecified atom stereocenters. The fourth-order valence-electron chi connectivity index (χ4n) is 2.40. The molecule has 1 aliphatic rings. The van der Waals surface area contributed by atoms with Crippen molar-refractivity contribution in [3.63, 3.8) is 0 Å². The van der Waals surface area contributed by atoms with Crippen LogP contribution in [0.5, 0.6) is 5.88 Å². The molecule has 0 bridgehead atoms. The molecule has 0 aliphatic carbocycles. The second kappa shape index (κ2) is 5.64. The molecule has 1 saturated heterocycles. The summed E-state index contributed by atoms with van der Waals surface area (Å²) >= 11 is 0. The third kappa shape index (κ3) is 3.18. The molecule has 110 valence electrons. The molecule has 0 amide bonds. The van der Waals surface area contributed by atoms with E-state index in [2.05, 4.69) is 9.97 Å². The summed E-state index contributed by atoms with van der Waals surface area (Å²) in [6, 6.07) is 0. The van der Waals surface area contributed by atoms with E-state index in [9.17, 15) is 9.90 Å². The highest BCUT2D eigenvalue weighted by Crippen LogP contribution is 2.32. The predicted octanol–water partition coefficient (Wildman–Crippen LogP) is 1.95. The Kier molecular flexibility index (Phi) is 4.11. The van der Waals surface area contributed by atoms with Crippen LogP contribution in [0, 0.1) is 5.41 Å². The smallest absolute Gasteiger partial charge is 0.311 e. The van der Waals surface area contributed by atoms with Crippen LogP contribution in [-0.4, -0.2) is 40.2 Å². The fraction of sp³-hybridized carbons (Fsp3) is 0.643. The summed E-state index contributed by atoms with van der Waals surface area (Å²) in [5, 5.41) is 9.35. The minimum Gasteiger partial charge on any atom is -0.481 e. The van der Waals surface area contributed by atoms with E-state index in [1.807, 2.05) is 18.7 Å². The monoisotopic (exact) mass is 279 g/mol. The van der Waals surface area contributed by atoms with E-state index >= 15 is 0 Å². The average Bonchev–Trinajstić information content (AvgIpc) is 2.38. The van der Waals surface area contributed by atoms with E-state index < -0.39 is 11.4 Å². The number of carbonyl (C=O) groups is 1. The van der Waals surface area contributed by atoms with Crippen LogP contribution in [0.4, 0.5) is 5.82 Å². The molecule has 0 saturated carbocycles. The number of rotatable bonds is 4. The van der Waals surface area contributed by atoms with Gasteiger partial charge in [-0.2, -0.15) is 4.98 Å². The van der Waals surface area contributed by atoms with E-state index in [4.69, 9.17) is 4.74 Å². The topological polar surface area (TPSA) is 75.5 Å². The highest BCUT2D eigenvalue weighted by atomic mass is 16.5. The quantitative estimate of drug-likeness (QED) is 0.908. The van der Waals surface area contributed by atoms with Crippen LogP contribution < -0.4 is 9.64 Å². The Hall–Kier alpha value is -1.85. The first-order chi connectivity index (χ1) is 9.40. The Morgan fingerprint density at radius 3 is 2.90 bits per heavy atom. The van der Waals surface area contributed by atoms with Crippen LogP contribution in [0.25, 0.3) is 0 Å². The lowest BCUT2D eigenvalue weighted by Gasteiger charge is -2.38. The molecule has 2 rings (SSSR count). The van der Waals surface area contributed by atoms with Gasteiger partial charge in [0, 0.05) is 13.1 Å².